The fraction of sp³-hybridized carbons (Fsp3) is 0.333. The second-order valence-electron chi connectivity index (χ2n) is 5.42. The van der Waals surface area contributed by atoms with Gasteiger partial charge >= 0.3 is 0 Å². The molecule has 2 aromatic rings. The van der Waals surface area contributed by atoms with Gasteiger partial charge in [-0.1, -0.05) is 36.4 Å². The van der Waals surface area contributed by atoms with E-state index >= 15 is 0 Å². The number of hydrogen-bond donors (Lipinski definition) is 2. The van der Waals surface area contributed by atoms with Crippen LogP contribution in [0.5, 0.6) is 5.75 Å². The van der Waals surface area contributed by atoms with Crippen LogP contribution in [0.15, 0.2) is 48.5 Å². The molecule has 0 aliphatic carbocycles. The van der Waals surface area contributed by atoms with Gasteiger partial charge in [0.15, 0.2) is 0 Å². The normalized spacial score (nSPS) is 12.3. The SMILES string of the molecule is CNCC(Cc1ccc(O)cc1)Cc1ccccc1C. The molecule has 0 aliphatic rings. The lowest BCUT2D eigenvalue weighted by Gasteiger charge is -2.18. The predicted molar refractivity (Wildman–Crippen MR) is 84.1 cm³/mol. The van der Waals surface area contributed by atoms with Gasteiger partial charge in [-0.15, -0.1) is 0 Å². The zero-order chi connectivity index (χ0) is 14.4. The molecule has 2 rings (SSSR count). The number of benzene rings is 2. The van der Waals surface area contributed by atoms with Crippen molar-refractivity contribution in [3.8, 4) is 5.75 Å². The van der Waals surface area contributed by atoms with E-state index in [1.165, 1.54) is 16.7 Å². The lowest BCUT2D eigenvalue weighted by Crippen LogP contribution is -2.23. The highest BCUT2D eigenvalue weighted by Crippen LogP contribution is 2.18. The van der Waals surface area contributed by atoms with Crippen molar-refractivity contribution < 1.29 is 5.11 Å². The summed E-state index contributed by atoms with van der Waals surface area (Å²) in [7, 11) is 2.00. The van der Waals surface area contributed by atoms with Crippen molar-refractivity contribution in [2.24, 2.45) is 5.92 Å². The van der Waals surface area contributed by atoms with Gasteiger partial charge in [-0.3, -0.25) is 0 Å². The quantitative estimate of drug-likeness (QED) is 0.843. The Hall–Kier alpha value is -1.80. The molecule has 0 spiro atoms. The molecule has 2 aromatic carbocycles. The maximum Gasteiger partial charge on any atom is 0.115 e. The Morgan fingerprint density at radius 3 is 2.35 bits per heavy atom. The predicted octanol–water partition coefficient (Wildman–Crippen LogP) is 3.32. The molecule has 0 heterocycles. The van der Waals surface area contributed by atoms with Crippen LogP contribution >= 0.6 is 0 Å². The van der Waals surface area contributed by atoms with Crippen molar-refractivity contribution in [1.29, 1.82) is 0 Å². The first kappa shape index (κ1) is 14.6. The summed E-state index contributed by atoms with van der Waals surface area (Å²) in [6, 6.07) is 16.1. The monoisotopic (exact) mass is 269 g/mol. The van der Waals surface area contributed by atoms with E-state index in [1.807, 2.05) is 19.2 Å². The van der Waals surface area contributed by atoms with Gasteiger partial charge in [0.2, 0.25) is 0 Å². The molecule has 0 amide bonds. The molecule has 0 fully saturated rings. The molecule has 0 aliphatic heterocycles. The summed E-state index contributed by atoms with van der Waals surface area (Å²) in [5.74, 6) is 0.892. The minimum absolute atomic E-state index is 0.331. The Labute approximate surface area is 121 Å². The summed E-state index contributed by atoms with van der Waals surface area (Å²) in [5, 5.41) is 12.6. The second-order valence-corrected chi connectivity index (χ2v) is 5.42. The molecule has 106 valence electrons. The minimum Gasteiger partial charge on any atom is -0.508 e. The molecule has 0 aromatic heterocycles. The molecule has 0 saturated heterocycles. The van der Waals surface area contributed by atoms with E-state index < -0.39 is 0 Å². The highest BCUT2D eigenvalue weighted by Gasteiger charge is 2.11. The third-order valence-electron chi connectivity index (χ3n) is 3.72. The van der Waals surface area contributed by atoms with Gasteiger partial charge in [0.25, 0.3) is 0 Å². The number of hydrogen-bond acceptors (Lipinski definition) is 2. The first-order chi connectivity index (χ1) is 9.69. The lowest BCUT2D eigenvalue weighted by molar-refractivity contribution is 0.473. The lowest BCUT2D eigenvalue weighted by atomic mass is 9.90. The molecule has 2 nitrogen and oxygen atoms in total. The third-order valence-corrected chi connectivity index (χ3v) is 3.72. The molecule has 1 atom stereocenters. The number of aryl methyl sites for hydroxylation is 1. The summed E-state index contributed by atoms with van der Waals surface area (Å²) < 4.78 is 0. The largest absolute Gasteiger partial charge is 0.508 e. The van der Waals surface area contributed by atoms with Crippen LogP contribution in [0, 0.1) is 12.8 Å². The topological polar surface area (TPSA) is 32.3 Å². The molecule has 20 heavy (non-hydrogen) atoms. The Balaban J connectivity index is 2.07. The van der Waals surface area contributed by atoms with Crippen LogP contribution in [0.4, 0.5) is 0 Å². The maximum absolute atomic E-state index is 9.35. The number of aromatic hydroxyl groups is 1. The highest BCUT2D eigenvalue weighted by atomic mass is 16.3. The van der Waals surface area contributed by atoms with Crippen molar-refractivity contribution in [1.82, 2.24) is 5.32 Å². The number of phenols is 1. The molecule has 2 N–H and O–H groups in total. The van der Waals surface area contributed by atoms with Crippen LogP contribution in [0.3, 0.4) is 0 Å². The van der Waals surface area contributed by atoms with Crippen LogP contribution in [-0.4, -0.2) is 18.7 Å². The fourth-order valence-corrected chi connectivity index (χ4v) is 2.62. The van der Waals surface area contributed by atoms with Gasteiger partial charge < -0.3 is 10.4 Å². The zero-order valence-electron chi connectivity index (χ0n) is 12.3. The van der Waals surface area contributed by atoms with Crippen LogP contribution in [0.1, 0.15) is 16.7 Å². The summed E-state index contributed by atoms with van der Waals surface area (Å²) in [6.45, 7) is 3.17. The van der Waals surface area contributed by atoms with Crippen LogP contribution < -0.4 is 5.32 Å². The Morgan fingerprint density at radius 2 is 1.70 bits per heavy atom. The number of phenolic OH excluding ortho intramolecular Hbond substituents is 1. The van der Waals surface area contributed by atoms with Crippen molar-refractivity contribution in [2.75, 3.05) is 13.6 Å². The average Bonchev–Trinajstić information content (AvgIpc) is 2.44. The van der Waals surface area contributed by atoms with E-state index in [4.69, 9.17) is 0 Å². The van der Waals surface area contributed by atoms with E-state index in [0.29, 0.717) is 11.7 Å². The van der Waals surface area contributed by atoms with Crippen LogP contribution in [0.25, 0.3) is 0 Å². The van der Waals surface area contributed by atoms with E-state index in [2.05, 4.69) is 36.5 Å². The van der Waals surface area contributed by atoms with Crippen molar-refractivity contribution >= 4 is 0 Å². The van der Waals surface area contributed by atoms with E-state index in [9.17, 15) is 5.11 Å². The molecule has 0 bridgehead atoms. The molecular formula is C18H23NO. The van der Waals surface area contributed by atoms with Gasteiger partial charge in [0.1, 0.15) is 5.75 Å². The minimum atomic E-state index is 0.331. The van der Waals surface area contributed by atoms with Crippen molar-refractivity contribution in [3.63, 3.8) is 0 Å². The second kappa shape index (κ2) is 7.11. The maximum atomic E-state index is 9.35. The number of rotatable bonds is 6. The number of nitrogens with one attached hydrogen (secondary N) is 1. The Kier molecular flexibility index (Phi) is 5.19. The first-order valence-electron chi connectivity index (χ1n) is 7.16. The summed E-state index contributed by atoms with van der Waals surface area (Å²) in [4.78, 5) is 0. The van der Waals surface area contributed by atoms with Crippen molar-refractivity contribution in [2.45, 2.75) is 19.8 Å². The van der Waals surface area contributed by atoms with Crippen LogP contribution in [0.2, 0.25) is 0 Å². The smallest absolute Gasteiger partial charge is 0.115 e. The fourth-order valence-electron chi connectivity index (χ4n) is 2.62. The summed E-state index contributed by atoms with van der Waals surface area (Å²) in [6.07, 6.45) is 2.10. The third kappa shape index (κ3) is 4.10. The van der Waals surface area contributed by atoms with E-state index in [0.717, 1.165) is 19.4 Å². The van der Waals surface area contributed by atoms with Gasteiger partial charge in [-0.25, -0.2) is 0 Å². The van der Waals surface area contributed by atoms with Gasteiger partial charge in [0.05, 0.1) is 0 Å². The first-order valence-corrected chi connectivity index (χ1v) is 7.16. The molecule has 1 unspecified atom stereocenters. The highest BCUT2D eigenvalue weighted by molar-refractivity contribution is 5.28. The summed E-state index contributed by atoms with van der Waals surface area (Å²) in [5.41, 5.74) is 4.06. The Bertz CT molecular complexity index is 533. The zero-order valence-corrected chi connectivity index (χ0v) is 12.3. The van der Waals surface area contributed by atoms with E-state index in [1.54, 1.807) is 12.1 Å². The molecule has 0 saturated carbocycles. The van der Waals surface area contributed by atoms with Gasteiger partial charge in [-0.2, -0.15) is 0 Å². The van der Waals surface area contributed by atoms with Gasteiger partial charge in [-0.05, 0) is 68.1 Å². The van der Waals surface area contributed by atoms with E-state index in [-0.39, 0.29) is 0 Å². The van der Waals surface area contributed by atoms with Crippen molar-refractivity contribution in [3.05, 3.63) is 65.2 Å². The molecule has 2 heteroatoms. The Morgan fingerprint density at radius 1 is 1.00 bits per heavy atom. The molecule has 0 radical (unpaired) electrons. The molecular weight excluding hydrogens is 246 g/mol. The van der Waals surface area contributed by atoms with Gasteiger partial charge in [0, 0.05) is 0 Å². The average molecular weight is 269 g/mol. The standard InChI is InChI=1S/C18H23NO/c1-14-5-3-4-6-17(14)12-16(13-19-2)11-15-7-9-18(20)10-8-15/h3-10,16,19-20H,11-13H2,1-2H3. The van der Waals surface area contributed by atoms with Crippen LogP contribution in [-0.2, 0) is 12.8 Å². The summed E-state index contributed by atoms with van der Waals surface area (Å²) >= 11 is 0.